The summed E-state index contributed by atoms with van der Waals surface area (Å²) < 4.78 is 48.5. The van der Waals surface area contributed by atoms with Gasteiger partial charge in [-0.15, -0.1) is 0 Å². The fourth-order valence-electron chi connectivity index (χ4n) is 1.49. The van der Waals surface area contributed by atoms with Crippen LogP contribution in [0, 0.1) is 0 Å². The first kappa shape index (κ1) is 14.8. The third kappa shape index (κ3) is 3.91. The molecule has 0 radical (unpaired) electrons. The maximum Gasteiger partial charge on any atom is 0.419 e. The van der Waals surface area contributed by atoms with E-state index in [4.69, 9.17) is 9.47 Å². The van der Waals surface area contributed by atoms with Crippen LogP contribution in [0.4, 0.5) is 13.2 Å². The van der Waals surface area contributed by atoms with Crippen molar-refractivity contribution in [1.82, 2.24) is 0 Å². The number of benzene rings is 1. The minimum Gasteiger partial charge on any atom is -0.491 e. The molecule has 1 aromatic rings. The standard InChI is InChI=1S/C13H17F3O2/c1-9(2)10-4-5-12(18-7-6-17-3)11(8-10)13(14,15)16/h4-5,8-9H,6-7H2,1-3H3. The first-order valence-electron chi connectivity index (χ1n) is 5.69. The molecular formula is C13H17F3O2. The number of methoxy groups -OCH3 is 1. The Bertz CT molecular complexity index is 386. The fourth-order valence-corrected chi connectivity index (χ4v) is 1.49. The molecule has 0 aromatic heterocycles. The minimum atomic E-state index is -4.41. The van der Waals surface area contributed by atoms with Gasteiger partial charge < -0.3 is 9.47 Å². The topological polar surface area (TPSA) is 18.5 Å². The van der Waals surface area contributed by atoms with Crippen LogP contribution in [0.1, 0.15) is 30.9 Å². The molecular weight excluding hydrogens is 245 g/mol. The Hall–Kier alpha value is -1.23. The molecule has 0 N–H and O–H groups in total. The molecule has 1 rings (SSSR count). The Morgan fingerprint density at radius 3 is 2.33 bits per heavy atom. The predicted molar refractivity (Wildman–Crippen MR) is 62.9 cm³/mol. The van der Waals surface area contributed by atoms with Crippen LogP contribution in [0.3, 0.4) is 0 Å². The van der Waals surface area contributed by atoms with Crippen LogP contribution in [0.2, 0.25) is 0 Å². The number of halogens is 3. The van der Waals surface area contributed by atoms with Crippen molar-refractivity contribution in [3.63, 3.8) is 0 Å². The largest absolute Gasteiger partial charge is 0.491 e. The van der Waals surface area contributed by atoms with Gasteiger partial charge in [0, 0.05) is 7.11 Å². The highest BCUT2D eigenvalue weighted by Gasteiger charge is 2.34. The average Bonchev–Trinajstić information content (AvgIpc) is 2.28. The van der Waals surface area contributed by atoms with E-state index in [9.17, 15) is 13.2 Å². The highest BCUT2D eigenvalue weighted by Crippen LogP contribution is 2.37. The van der Waals surface area contributed by atoms with Gasteiger partial charge in [0.05, 0.1) is 12.2 Å². The van der Waals surface area contributed by atoms with E-state index >= 15 is 0 Å². The van der Waals surface area contributed by atoms with E-state index in [1.807, 2.05) is 13.8 Å². The van der Waals surface area contributed by atoms with E-state index in [1.54, 1.807) is 6.07 Å². The molecule has 5 heteroatoms. The van der Waals surface area contributed by atoms with Crippen molar-refractivity contribution in [3.05, 3.63) is 29.3 Å². The third-order valence-corrected chi connectivity index (χ3v) is 2.52. The van der Waals surface area contributed by atoms with Crippen molar-refractivity contribution in [2.75, 3.05) is 20.3 Å². The molecule has 102 valence electrons. The predicted octanol–water partition coefficient (Wildman–Crippen LogP) is 3.85. The van der Waals surface area contributed by atoms with Gasteiger partial charge in [0.1, 0.15) is 12.4 Å². The second-order valence-electron chi connectivity index (χ2n) is 4.25. The fraction of sp³-hybridized carbons (Fsp3) is 0.538. The molecule has 0 bridgehead atoms. The average molecular weight is 262 g/mol. The second kappa shape index (κ2) is 6.09. The van der Waals surface area contributed by atoms with Crippen molar-refractivity contribution < 1.29 is 22.6 Å². The van der Waals surface area contributed by atoms with Crippen LogP contribution >= 0.6 is 0 Å². The van der Waals surface area contributed by atoms with Crippen molar-refractivity contribution in [2.45, 2.75) is 25.9 Å². The van der Waals surface area contributed by atoms with Crippen molar-refractivity contribution in [2.24, 2.45) is 0 Å². The molecule has 0 aliphatic heterocycles. The van der Waals surface area contributed by atoms with Crippen molar-refractivity contribution in [3.8, 4) is 5.75 Å². The van der Waals surface area contributed by atoms with Crippen LogP contribution in [-0.4, -0.2) is 20.3 Å². The van der Waals surface area contributed by atoms with Crippen LogP contribution in [-0.2, 0) is 10.9 Å². The minimum absolute atomic E-state index is 0.0409. The first-order valence-corrected chi connectivity index (χ1v) is 5.69. The van der Waals surface area contributed by atoms with Gasteiger partial charge in [0.2, 0.25) is 0 Å². The molecule has 0 saturated heterocycles. The van der Waals surface area contributed by atoms with Gasteiger partial charge in [-0.2, -0.15) is 13.2 Å². The molecule has 0 unspecified atom stereocenters. The van der Waals surface area contributed by atoms with Gasteiger partial charge >= 0.3 is 6.18 Å². The van der Waals surface area contributed by atoms with Crippen LogP contribution < -0.4 is 4.74 Å². The zero-order chi connectivity index (χ0) is 13.8. The van der Waals surface area contributed by atoms with Crippen molar-refractivity contribution >= 4 is 0 Å². The van der Waals surface area contributed by atoms with Crippen molar-refractivity contribution in [1.29, 1.82) is 0 Å². The Morgan fingerprint density at radius 2 is 1.83 bits per heavy atom. The lowest BCUT2D eigenvalue weighted by Gasteiger charge is -2.16. The molecule has 0 spiro atoms. The smallest absolute Gasteiger partial charge is 0.419 e. The molecule has 0 amide bonds. The normalized spacial score (nSPS) is 11.9. The number of alkyl halides is 3. The second-order valence-corrected chi connectivity index (χ2v) is 4.25. The summed E-state index contributed by atoms with van der Waals surface area (Å²) in [5.41, 5.74) is -0.0915. The lowest BCUT2D eigenvalue weighted by Crippen LogP contribution is -2.12. The van der Waals surface area contributed by atoms with E-state index in [-0.39, 0.29) is 24.9 Å². The third-order valence-electron chi connectivity index (χ3n) is 2.52. The zero-order valence-corrected chi connectivity index (χ0v) is 10.7. The summed E-state index contributed by atoms with van der Waals surface area (Å²) in [5.74, 6) is -0.108. The van der Waals surface area contributed by atoms with Gasteiger partial charge in [-0.05, 0) is 23.6 Å². The van der Waals surface area contributed by atoms with Gasteiger partial charge in [-0.1, -0.05) is 19.9 Å². The Kier molecular flexibility index (Phi) is 5.02. The van der Waals surface area contributed by atoms with Gasteiger partial charge in [-0.3, -0.25) is 0 Å². The summed E-state index contributed by atoms with van der Waals surface area (Å²) in [6.45, 7) is 4.05. The zero-order valence-electron chi connectivity index (χ0n) is 10.7. The SMILES string of the molecule is COCCOc1ccc(C(C)C)cc1C(F)(F)F. The molecule has 1 aromatic carbocycles. The number of ether oxygens (including phenoxy) is 2. The van der Waals surface area contributed by atoms with Gasteiger partial charge in [0.15, 0.2) is 0 Å². The highest BCUT2D eigenvalue weighted by atomic mass is 19.4. The van der Waals surface area contributed by atoms with Crippen LogP contribution in [0.5, 0.6) is 5.75 Å². The number of hydrogen-bond donors (Lipinski definition) is 0. The summed E-state index contributed by atoms with van der Waals surface area (Å²) in [4.78, 5) is 0. The molecule has 2 nitrogen and oxygen atoms in total. The molecule has 0 saturated carbocycles. The summed E-state index contributed by atoms with van der Waals surface area (Å²) in [5, 5.41) is 0. The summed E-state index contributed by atoms with van der Waals surface area (Å²) in [6, 6.07) is 4.17. The Labute approximate surface area is 105 Å². The molecule has 0 aliphatic carbocycles. The maximum atomic E-state index is 12.9. The van der Waals surface area contributed by atoms with Crippen LogP contribution in [0.25, 0.3) is 0 Å². The summed E-state index contributed by atoms with van der Waals surface area (Å²) in [7, 11) is 1.47. The Balaban J connectivity index is 3.02. The maximum absolute atomic E-state index is 12.9. The molecule has 0 aliphatic rings. The molecule has 0 fully saturated rings. The quantitative estimate of drug-likeness (QED) is 0.750. The molecule has 18 heavy (non-hydrogen) atoms. The monoisotopic (exact) mass is 262 g/mol. The van der Waals surface area contributed by atoms with Gasteiger partial charge in [0.25, 0.3) is 0 Å². The van der Waals surface area contributed by atoms with E-state index in [0.29, 0.717) is 5.56 Å². The summed E-state index contributed by atoms with van der Waals surface area (Å²) in [6.07, 6.45) is -4.41. The van der Waals surface area contributed by atoms with E-state index in [0.717, 1.165) is 6.07 Å². The van der Waals surface area contributed by atoms with E-state index < -0.39 is 11.7 Å². The van der Waals surface area contributed by atoms with E-state index in [1.165, 1.54) is 13.2 Å². The lowest BCUT2D eigenvalue weighted by molar-refractivity contribution is -0.139. The van der Waals surface area contributed by atoms with E-state index in [2.05, 4.69) is 0 Å². The highest BCUT2D eigenvalue weighted by molar-refractivity contribution is 5.40. The lowest BCUT2D eigenvalue weighted by atomic mass is 10.00. The number of rotatable bonds is 5. The molecule has 0 atom stereocenters. The first-order chi connectivity index (χ1) is 8.36. The summed E-state index contributed by atoms with van der Waals surface area (Å²) >= 11 is 0. The Morgan fingerprint density at radius 1 is 1.17 bits per heavy atom. The number of hydrogen-bond acceptors (Lipinski definition) is 2. The van der Waals surface area contributed by atoms with Gasteiger partial charge in [-0.25, -0.2) is 0 Å². The molecule has 0 heterocycles. The van der Waals surface area contributed by atoms with Crippen LogP contribution in [0.15, 0.2) is 18.2 Å².